The number of nitrogens with one attached hydrogen (secondary N) is 2. The molecule has 1 aromatic carbocycles. The Morgan fingerprint density at radius 3 is 2.76 bits per heavy atom. The van der Waals surface area contributed by atoms with Gasteiger partial charge in [-0.15, -0.1) is 10.2 Å². The minimum absolute atomic E-state index is 0.0832. The molecule has 150 valence electrons. The minimum atomic E-state index is -0.297. The molecule has 0 bridgehead atoms. The molecule has 3 aromatic heterocycles. The highest BCUT2D eigenvalue weighted by Gasteiger charge is 2.19. The summed E-state index contributed by atoms with van der Waals surface area (Å²) in [6, 6.07) is 8.89. The predicted octanol–water partition coefficient (Wildman–Crippen LogP) is 2.65. The molecule has 1 amide bonds. The number of benzene rings is 1. The van der Waals surface area contributed by atoms with E-state index in [4.69, 9.17) is 0 Å². The van der Waals surface area contributed by atoms with Gasteiger partial charge in [0.1, 0.15) is 0 Å². The Bertz CT molecular complexity index is 1230. The zero-order chi connectivity index (χ0) is 20.4. The Morgan fingerprint density at radius 2 is 2.00 bits per heavy atom. The van der Waals surface area contributed by atoms with E-state index in [1.165, 1.54) is 4.40 Å². The van der Waals surface area contributed by atoms with Crippen LogP contribution in [0, 0.1) is 0 Å². The van der Waals surface area contributed by atoms with Crippen LogP contribution in [0.25, 0.3) is 16.9 Å². The maximum absolute atomic E-state index is 13.0. The number of unbranched alkanes of at least 4 members (excludes halogenated alkanes) is 2. The number of hydrogen-bond donors (Lipinski definition) is 2. The van der Waals surface area contributed by atoms with Crippen molar-refractivity contribution in [3.05, 3.63) is 56.8 Å². The smallest absolute Gasteiger partial charge is 0.286 e. The summed E-state index contributed by atoms with van der Waals surface area (Å²) >= 11 is 3.31. The second-order valence-electron chi connectivity index (χ2n) is 6.69. The van der Waals surface area contributed by atoms with Crippen LogP contribution in [-0.4, -0.2) is 35.0 Å². The van der Waals surface area contributed by atoms with Crippen LogP contribution < -0.4 is 10.9 Å². The first-order chi connectivity index (χ1) is 14.1. The maximum atomic E-state index is 13.0. The van der Waals surface area contributed by atoms with Gasteiger partial charge in [-0.1, -0.05) is 38.0 Å². The van der Waals surface area contributed by atoms with E-state index in [0.29, 0.717) is 39.6 Å². The number of nitrogens with zero attached hydrogens (tertiary/aromatic N) is 5. The van der Waals surface area contributed by atoms with Gasteiger partial charge in [0.2, 0.25) is 5.78 Å². The first-order valence-corrected chi connectivity index (χ1v) is 10.2. The molecule has 0 radical (unpaired) electrons. The Hall–Kier alpha value is -3.01. The molecule has 3 heterocycles. The molecule has 10 heteroatoms. The van der Waals surface area contributed by atoms with E-state index >= 15 is 0 Å². The highest BCUT2D eigenvalue weighted by Crippen LogP contribution is 2.16. The summed E-state index contributed by atoms with van der Waals surface area (Å²) in [6.45, 7) is 2.88. The molecule has 0 unspecified atom stereocenters. The van der Waals surface area contributed by atoms with Crippen LogP contribution in [0.5, 0.6) is 0 Å². The topological polar surface area (TPSA) is 110 Å². The second-order valence-corrected chi connectivity index (χ2v) is 7.44. The van der Waals surface area contributed by atoms with Crippen molar-refractivity contribution in [3.8, 4) is 0 Å². The average Bonchev–Trinajstić information content (AvgIpc) is 3.33. The van der Waals surface area contributed by atoms with Crippen molar-refractivity contribution in [2.24, 2.45) is 0 Å². The number of halogens is 1. The van der Waals surface area contributed by atoms with Gasteiger partial charge in [-0.05, 0) is 34.5 Å². The van der Waals surface area contributed by atoms with Gasteiger partial charge in [0.05, 0.1) is 6.54 Å². The van der Waals surface area contributed by atoms with Crippen molar-refractivity contribution in [1.82, 2.24) is 34.4 Å². The van der Waals surface area contributed by atoms with Crippen LogP contribution in [0.15, 0.2) is 39.9 Å². The molecule has 0 fully saturated rings. The SMILES string of the molecule is CCCCCn1c2nc(Br)[nH]c2c(=O)n2c(CNC(=O)c3ccccc3)nnc12. The number of aromatic amines is 1. The summed E-state index contributed by atoms with van der Waals surface area (Å²) < 4.78 is 3.81. The summed E-state index contributed by atoms with van der Waals surface area (Å²) in [5.74, 6) is 0.545. The third kappa shape index (κ3) is 3.67. The van der Waals surface area contributed by atoms with Gasteiger partial charge in [0, 0.05) is 12.1 Å². The lowest BCUT2D eigenvalue weighted by atomic mass is 10.2. The molecule has 2 N–H and O–H groups in total. The lowest BCUT2D eigenvalue weighted by molar-refractivity contribution is 0.0949. The highest BCUT2D eigenvalue weighted by molar-refractivity contribution is 9.10. The molecular weight excluding hydrogens is 438 g/mol. The van der Waals surface area contributed by atoms with Crippen molar-refractivity contribution >= 4 is 38.8 Å². The first kappa shape index (κ1) is 19.3. The number of rotatable bonds is 7. The summed E-state index contributed by atoms with van der Waals surface area (Å²) in [6.07, 6.45) is 3.06. The molecule has 0 aliphatic heterocycles. The largest absolute Gasteiger partial charge is 0.345 e. The summed E-state index contributed by atoms with van der Waals surface area (Å²) in [5.41, 5.74) is 1.15. The fraction of sp³-hybridized carbons (Fsp3) is 0.316. The lowest BCUT2D eigenvalue weighted by Crippen LogP contribution is -2.27. The van der Waals surface area contributed by atoms with Gasteiger partial charge in [-0.25, -0.2) is 9.38 Å². The van der Waals surface area contributed by atoms with E-state index < -0.39 is 0 Å². The molecule has 0 saturated carbocycles. The lowest BCUT2D eigenvalue weighted by Gasteiger charge is -2.09. The van der Waals surface area contributed by atoms with Crippen LogP contribution in [0.4, 0.5) is 0 Å². The fourth-order valence-electron chi connectivity index (χ4n) is 3.27. The number of aromatic nitrogens is 6. The van der Waals surface area contributed by atoms with Gasteiger partial charge in [0.25, 0.3) is 11.5 Å². The molecule has 0 aliphatic carbocycles. The van der Waals surface area contributed by atoms with Crippen LogP contribution >= 0.6 is 15.9 Å². The molecule has 9 nitrogen and oxygen atoms in total. The Morgan fingerprint density at radius 1 is 1.21 bits per heavy atom. The van der Waals surface area contributed by atoms with Crippen molar-refractivity contribution in [2.45, 2.75) is 39.3 Å². The number of aryl methyl sites for hydroxylation is 1. The quantitative estimate of drug-likeness (QED) is 0.327. The molecular formula is C19H20BrN7O2. The number of fused-ring (bicyclic) bond motifs is 2. The zero-order valence-electron chi connectivity index (χ0n) is 15.9. The third-order valence-corrected chi connectivity index (χ3v) is 5.09. The van der Waals surface area contributed by atoms with Gasteiger partial charge >= 0.3 is 0 Å². The zero-order valence-corrected chi connectivity index (χ0v) is 17.4. The molecule has 29 heavy (non-hydrogen) atoms. The van der Waals surface area contributed by atoms with Gasteiger partial charge in [0.15, 0.2) is 21.7 Å². The molecule has 0 spiro atoms. The summed E-state index contributed by atoms with van der Waals surface area (Å²) in [5, 5.41) is 11.2. The summed E-state index contributed by atoms with van der Waals surface area (Å²) in [7, 11) is 0. The van der Waals surface area contributed by atoms with Crippen molar-refractivity contribution < 1.29 is 4.79 Å². The highest BCUT2D eigenvalue weighted by atomic mass is 79.9. The van der Waals surface area contributed by atoms with Crippen LogP contribution in [0.2, 0.25) is 0 Å². The van der Waals surface area contributed by atoms with Crippen molar-refractivity contribution in [1.29, 1.82) is 0 Å². The maximum Gasteiger partial charge on any atom is 0.286 e. The average molecular weight is 458 g/mol. The standard InChI is InChI=1S/C19H20BrN7O2/c1-2-3-7-10-26-15-14(22-18(20)23-15)17(29)27-13(24-25-19(26)27)11-21-16(28)12-8-5-4-6-9-12/h4-6,8-9H,2-3,7,10-11H2,1H3,(H,21,28)(H,22,23). The Kier molecular flexibility index (Phi) is 5.43. The normalized spacial score (nSPS) is 11.4. The predicted molar refractivity (Wildman–Crippen MR) is 112 cm³/mol. The molecule has 0 atom stereocenters. The Balaban J connectivity index is 1.72. The number of imidazole rings is 1. The molecule has 4 aromatic rings. The monoisotopic (exact) mass is 457 g/mol. The van der Waals surface area contributed by atoms with Gasteiger partial charge < -0.3 is 10.3 Å². The van der Waals surface area contributed by atoms with E-state index in [-0.39, 0.29) is 18.0 Å². The van der Waals surface area contributed by atoms with Crippen LogP contribution in [0.1, 0.15) is 42.4 Å². The number of H-pyrrole nitrogens is 1. The van der Waals surface area contributed by atoms with Crippen molar-refractivity contribution in [2.75, 3.05) is 0 Å². The van der Waals surface area contributed by atoms with E-state index in [1.807, 2.05) is 10.6 Å². The van der Waals surface area contributed by atoms with E-state index in [0.717, 1.165) is 19.3 Å². The molecule has 0 aliphatic rings. The number of carbonyl (C=O) groups excluding carboxylic acids is 1. The molecule has 0 saturated heterocycles. The van der Waals surface area contributed by atoms with E-state index in [1.54, 1.807) is 24.3 Å². The molecule has 4 rings (SSSR count). The first-order valence-electron chi connectivity index (χ1n) is 9.45. The minimum Gasteiger partial charge on any atom is -0.345 e. The van der Waals surface area contributed by atoms with E-state index in [9.17, 15) is 9.59 Å². The Labute approximate surface area is 174 Å². The van der Waals surface area contributed by atoms with Crippen LogP contribution in [-0.2, 0) is 13.1 Å². The number of carbonyl (C=O) groups is 1. The summed E-state index contributed by atoms with van der Waals surface area (Å²) in [4.78, 5) is 32.8. The fourth-order valence-corrected chi connectivity index (χ4v) is 3.63. The third-order valence-electron chi connectivity index (χ3n) is 4.71. The van der Waals surface area contributed by atoms with Gasteiger partial charge in [-0.2, -0.15) is 0 Å². The van der Waals surface area contributed by atoms with Gasteiger partial charge in [-0.3, -0.25) is 14.2 Å². The van der Waals surface area contributed by atoms with Crippen LogP contribution in [0.3, 0.4) is 0 Å². The second kappa shape index (κ2) is 8.16. The number of hydrogen-bond acceptors (Lipinski definition) is 5. The number of amides is 1. The van der Waals surface area contributed by atoms with Crippen molar-refractivity contribution in [3.63, 3.8) is 0 Å². The van der Waals surface area contributed by atoms with E-state index in [2.05, 4.69) is 48.3 Å².